The molecule has 0 aromatic rings. The van der Waals surface area contributed by atoms with Crippen LogP contribution in [0.25, 0.3) is 0 Å². The first kappa shape index (κ1) is 4.83. The van der Waals surface area contributed by atoms with Crippen LogP contribution >= 0.6 is 11.9 Å². The van der Waals surface area contributed by atoms with Crippen molar-refractivity contribution in [2.24, 2.45) is 0 Å². The fourth-order valence-corrected chi connectivity index (χ4v) is 0. The Hall–Kier alpha value is -0.170. The molecule has 0 saturated carbocycles. The first-order valence-electron chi connectivity index (χ1n) is 1.21. The molecule has 0 N–H and O–H groups in total. The lowest BCUT2D eigenvalue weighted by molar-refractivity contribution is 0.479. The number of hydrogen-bond donors (Lipinski definition) is 0. The van der Waals surface area contributed by atoms with E-state index in [0.717, 1.165) is 0 Å². The molecule has 1 nitrogen and oxygen atoms in total. The second-order valence-electron chi connectivity index (χ2n) is 0.779. The molecule has 0 radical (unpaired) electrons. The van der Waals surface area contributed by atoms with Crippen LogP contribution in [0.5, 0.6) is 0 Å². The summed E-state index contributed by atoms with van der Waals surface area (Å²) in [7, 11) is 0. The lowest BCUT2D eigenvalue weighted by atomic mass is 10.7. The van der Waals surface area contributed by atoms with Gasteiger partial charge in [-0.05, 0) is 6.92 Å². The lowest BCUT2D eigenvalue weighted by Gasteiger charge is -1.82. The summed E-state index contributed by atoms with van der Waals surface area (Å²) in [4.78, 5) is 0. The summed E-state index contributed by atoms with van der Waals surface area (Å²) >= 11 is 4.74. The molecule has 0 atom stereocenters. The van der Waals surface area contributed by atoms with E-state index >= 15 is 0 Å². The molecule has 0 heterocycles. The highest BCUT2D eigenvalue weighted by atomic mass is 35.5. The molecule has 0 unspecified atom stereocenters. The average molecular weight is 92.5 g/mol. The van der Waals surface area contributed by atoms with E-state index in [1.54, 1.807) is 6.92 Å². The Morgan fingerprint density at radius 3 is 2.20 bits per heavy atom. The fraction of sp³-hybridized carbons (Fsp3) is 0.333. The summed E-state index contributed by atoms with van der Waals surface area (Å²) in [6.07, 6.45) is 0. The maximum absolute atomic E-state index is 4.74. The number of hydrogen-bond acceptors (Lipinski definition) is 1. The SMILES string of the molecule is C=C(C)OCl. The van der Waals surface area contributed by atoms with Crippen LogP contribution in [0.15, 0.2) is 12.3 Å². The minimum atomic E-state index is 0.520. The third-order valence-corrected chi connectivity index (χ3v) is 0.395. The largest absolute Gasteiger partial charge is 0.391 e. The van der Waals surface area contributed by atoms with Gasteiger partial charge in [-0.3, -0.25) is 0 Å². The predicted octanol–water partition coefficient (Wildman–Crippen LogP) is 1.69. The molecule has 2 heteroatoms. The third-order valence-electron chi connectivity index (χ3n) is 0.132. The second kappa shape index (κ2) is 2.09. The molecule has 0 saturated heterocycles. The minimum Gasteiger partial charge on any atom is -0.391 e. The Labute approximate surface area is 36.4 Å². The topological polar surface area (TPSA) is 9.23 Å². The minimum absolute atomic E-state index is 0.520. The highest BCUT2D eigenvalue weighted by molar-refractivity contribution is 6.08. The standard InChI is InChI=1S/C3H5ClO/c1-3(2)5-4/h1H2,2H3. The zero-order valence-electron chi connectivity index (χ0n) is 2.99. The molecule has 0 spiro atoms. The average Bonchev–Trinajstić information content (AvgIpc) is 1.38. The van der Waals surface area contributed by atoms with Crippen molar-refractivity contribution >= 4 is 11.9 Å². The fourth-order valence-electron chi connectivity index (χ4n) is 0. The molecule has 0 amide bonds. The van der Waals surface area contributed by atoms with E-state index < -0.39 is 0 Å². The van der Waals surface area contributed by atoms with Crippen molar-refractivity contribution in [3.05, 3.63) is 12.3 Å². The van der Waals surface area contributed by atoms with Gasteiger partial charge in [0.05, 0.1) is 0 Å². The van der Waals surface area contributed by atoms with Crippen LogP contribution in [-0.2, 0) is 4.29 Å². The van der Waals surface area contributed by atoms with Crippen molar-refractivity contribution in [2.45, 2.75) is 6.92 Å². The molecule has 0 aromatic heterocycles. The summed E-state index contributed by atoms with van der Waals surface area (Å²) in [6, 6.07) is 0. The molecule has 0 aliphatic heterocycles. The molecule has 0 aliphatic rings. The first-order valence-corrected chi connectivity index (χ1v) is 1.52. The summed E-state index contributed by atoms with van der Waals surface area (Å²) in [5.41, 5.74) is 0. The zero-order chi connectivity index (χ0) is 4.28. The van der Waals surface area contributed by atoms with Crippen LogP contribution < -0.4 is 0 Å². The van der Waals surface area contributed by atoms with Gasteiger partial charge in [-0.1, -0.05) is 6.58 Å². The van der Waals surface area contributed by atoms with E-state index in [-0.39, 0.29) is 0 Å². The van der Waals surface area contributed by atoms with E-state index in [4.69, 9.17) is 11.9 Å². The Balaban J connectivity index is 2.85. The van der Waals surface area contributed by atoms with Crippen LogP contribution in [0.4, 0.5) is 0 Å². The van der Waals surface area contributed by atoms with Crippen molar-refractivity contribution in [3.8, 4) is 0 Å². The molecule has 0 rings (SSSR count). The molecule has 0 aromatic carbocycles. The Bertz CT molecular complexity index is 42.2. The van der Waals surface area contributed by atoms with E-state index in [1.165, 1.54) is 0 Å². The molecular formula is C3H5ClO. The van der Waals surface area contributed by atoms with Crippen LogP contribution in [0, 0.1) is 0 Å². The maximum Gasteiger partial charge on any atom is 0.134 e. The van der Waals surface area contributed by atoms with Gasteiger partial charge in [0, 0.05) is 0 Å². The van der Waals surface area contributed by atoms with E-state index in [2.05, 4.69) is 10.9 Å². The van der Waals surface area contributed by atoms with Gasteiger partial charge in [0.1, 0.15) is 17.6 Å². The molecule has 0 bridgehead atoms. The lowest BCUT2D eigenvalue weighted by Crippen LogP contribution is -1.61. The zero-order valence-corrected chi connectivity index (χ0v) is 3.75. The Morgan fingerprint density at radius 1 is 2.00 bits per heavy atom. The van der Waals surface area contributed by atoms with Gasteiger partial charge in [-0.25, -0.2) is 0 Å². The molecular weight excluding hydrogens is 87.5 g/mol. The van der Waals surface area contributed by atoms with Crippen molar-refractivity contribution in [1.29, 1.82) is 0 Å². The predicted molar refractivity (Wildman–Crippen MR) is 21.8 cm³/mol. The Kier molecular flexibility index (Phi) is 2.02. The molecule has 5 heavy (non-hydrogen) atoms. The van der Waals surface area contributed by atoms with Gasteiger partial charge >= 0.3 is 0 Å². The normalized spacial score (nSPS) is 6.80. The number of rotatable bonds is 1. The van der Waals surface area contributed by atoms with Gasteiger partial charge in [0.25, 0.3) is 0 Å². The highest BCUT2D eigenvalue weighted by Gasteiger charge is 1.69. The third kappa shape index (κ3) is 3.83. The summed E-state index contributed by atoms with van der Waals surface area (Å²) < 4.78 is 4.03. The van der Waals surface area contributed by atoms with Crippen LogP contribution in [0.2, 0.25) is 0 Å². The second-order valence-corrected chi connectivity index (χ2v) is 0.933. The summed E-state index contributed by atoms with van der Waals surface area (Å²) in [5, 5.41) is 0. The van der Waals surface area contributed by atoms with Crippen molar-refractivity contribution in [3.63, 3.8) is 0 Å². The Morgan fingerprint density at radius 2 is 2.20 bits per heavy atom. The van der Waals surface area contributed by atoms with E-state index in [1.807, 2.05) is 0 Å². The van der Waals surface area contributed by atoms with Crippen molar-refractivity contribution in [1.82, 2.24) is 0 Å². The van der Waals surface area contributed by atoms with Crippen LogP contribution in [-0.4, -0.2) is 0 Å². The highest BCUT2D eigenvalue weighted by Crippen LogP contribution is 1.90. The smallest absolute Gasteiger partial charge is 0.134 e. The van der Waals surface area contributed by atoms with Crippen LogP contribution in [0.3, 0.4) is 0 Å². The maximum atomic E-state index is 4.74. The van der Waals surface area contributed by atoms with Gasteiger partial charge in [0.2, 0.25) is 0 Å². The monoisotopic (exact) mass is 92.0 g/mol. The van der Waals surface area contributed by atoms with Gasteiger partial charge < -0.3 is 4.29 Å². The number of allylic oxidation sites excluding steroid dienone is 1. The van der Waals surface area contributed by atoms with Crippen molar-refractivity contribution in [2.75, 3.05) is 0 Å². The molecule has 0 aliphatic carbocycles. The van der Waals surface area contributed by atoms with E-state index in [9.17, 15) is 0 Å². The van der Waals surface area contributed by atoms with Gasteiger partial charge in [-0.15, -0.1) is 0 Å². The summed E-state index contributed by atoms with van der Waals surface area (Å²) in [5.74, 6) is 0.520. The van der Waals surface area contributed by atoms with Gasteiger partial charge in [-0.2, -0.15) is 0 Å². The number of halogens is 1. The summed E-state index contributed by atoms with van der Waals surface area (Å²) in [6.45, 7) is 4.99. The molecule has 0 fully saturated rings. The van der Waals surface area contributed by atoms with Crippen LogP contribution in [0.1, 0.15) is 6.92 Å². The quantitative estimate of drug-likeness (QED) is 0.447. The van der Waals surface area contributed by atoms with E-state index in [0.29, 0.717) is 5.76 Å². The van der Waals surface area contributed by atoms with Crippen molar-refractivity contribution < 1.29 is 4.29 Å². The first-order chi connectivity index (χ1) is 2.27. The molecule has 30 valence electrons. The van der Waals surface area contributed by atoms with Gasteiger partial charge in [0.15, 0.2) is 0 Å².